The molecule has 0 aliphatic heterocycles. The van der Waals surface area contributed by atoms with Gasteiger partial charge in [0.2, 0.25) is 0 Å². The Morgan fingerprint density at radius 1 is 1.57 bits per heavy atom. The van der Waals surface area contributed by atoms with Crippen molar-refractivity contribution in [2.24, 2.45) is 0 Å². The summed E-state index contributed by atoms with van der Waals surface area (Å²) in [7, 11) is 0. The van der Waals surface area contributed by atoms with Crippen molar-refractivity contribution in [3.05, 3.63) is 27.5 Å². The van der Waals surface area contributed by atoms with Crippen LogP contribution in [0.2, 0.25) is 0 Å². The molecule has 0 N–H and O–H groups in total. The van der Waals surface area contributed by atoms with Gasteiger partial charge in [-0.15, -0.1) is 0 Å². The molecule has 6 heteroatoms. The summed E-state index contributed by atoms with van der Waals surface area (Å²) in [6.07, 6.45) is -2.66. The van der Waals surface area contributed by atoms with Gasteiger partial charge in [0.15, 0.2) is 0 Å². The fourth-order valence-electron chi connectivity index (χ4n) is 0.890. The summed E-state index contributed by atoms with van der Waals surface area (Å²) in [4.78, 5) is 3.55. The molecule has 0 saturated heterocycles. The van der Waals surface area contributed by atoms with Crippen LogP contribution in [0.1, 0.15) is 23.4 Å². The van der Waals surface area contributed by atoms with E-state index in [4.69, 9.17) is 5.26 Å². The van der Waals surface area contributed by atoms with Crippen LogP contribution in [0, 0.1) is 11.3 Å². The number of nitrogens with zero attached hydrogens (tertiary/aromatic N) is 2. The van der Waals surface area contributed by atoms with Crippen LogP contribution in [-0.4, -0.2) is 4.98 Å². The van der Waals surface area contributed by atoms with E-state index in [2.05, 4.69) is 36.8 Å². The molecule has 0 bridgehead atoms. The van der Waals surface area contributed by atoms with Gasteiger partial charge in [-0.2, -0.15) is 5.26 Å². The first-order chi connectivity index (χ1) is 6.60. The number of halogens is 4. The molecule has 0 aromatic carbocycles. The molecule has 1 heterocycles. The third-order valence-corrected chi connectivity index (χ3v) is 2.82. The molecule has 0 fully saturated rings. The zero-order valence-electron chi connectivity index (χ0n) is 6.77. The fraction of sp³-hybridized carbons (Fsp3) is 0.250. The van der Waals surface area contributed by atoms with Crippen LogP contribution in [0.5, 0.6) is 0 Å². The lowest BCUT2D eigenvalue weighted by molar-refractivity contribution is 0.146. The molecule has 0 aliphatic carbocycles. The van der Waals surface area contributed by atoms with Crippen molar-refractivity contribution in [1.82, 2.24) is 4.98 Å². The maximum Gasteiger partial charge on any atom is 0.280 e. The Labute approximate surface area is 96.2 Å². The first-order valence-electron chi connectivity index (χ1n) is 3.53. The zero-order chi connectivity index (χ0) is 10.7. The molecular weight excluding hydrogens is 322 g/mol. The third-order valence-electron chi connectivity index (χ3n) is 1.55. The highest BCUT2D eigenvalue weighted by Gasteiger charge is 2.15. The molecule has 0 saturated carbocycles. The largest absolute Gasteiger partial charge is 0.280 e. The van der Waals surface area contributed by atoms with E-state index in [1.807, 2.05) is 0 Å². The second-order valence-electron chi connectivity index (χ2n) is 2.40. The Bertz CT molecular complexity index is 388. The average Bonchev–Trinajstić information content (AvgIpc) is 2.16. The van der Waals surface area contributed by atoms with Crippen LogP contribution in [0.25, 0.3) is 0 Å². The first-order valence-corrected chi connectivity index (χ1v) is 5.45. The number of hydrogen-bond acceptors (Lipinski definition) is 2. The summed E-state index contributed by atoms with van der Waals surface area (Å²) in [6, 6.07) is 3.00. The SMILES string of the molecule is N#Cc1nc(C(F)F)cc(Br)c1CBr. The number of rotatable bonds is 2. The number of alkyl halides is 3. The van der Waals surface area contributed by atoms with Crippen molar-refractivity contribution < 1.29 is 8.78 Å². The predicted molar refractivity (Wildman–Crippen MR) is 54.2 cm³/mol. The van der Waals surface area contributed by atoms with Gasteiger partial charge in [0.1, 0.15) is 17.5 Å². The third kappa shape index (κ3) is 2.28. The van der Waals surface area contributed by atoms with Gasteiger partial charge in [-0.25, -0.2) is 13.8 Å². The van der Waals surface area contributed by atoms with E-state index in [1.54, 1.807) is 6.07 Å². The fourth-order valence-corrected chi connectivity index (χ4v) is 2.40. The quantitative estimate of drug-likeness (QED) is 0.780. The molecule has 0 aliphatic rings. The Balaban J connectivity index is 3.33. The van der Waals surface area contributed by atoms with Crippen molar-refractivity contribution >= 4 is 31.9 Å². The molecule has 1 aromatic heterocycles. The normalized spacial score (nSPS) is 10.3. The second kappa shape index (κ2) is 4.80. The minimum Gasteiger partial charge on any atom is -0.236 e. The van der Waals surface area contributed by atoms with Gasteiger partial charge in [-0.1, -0.05) is 31.9 Å². The van der Waals surface area contributed by atoms with Gasteiger partial charge in [-0.3, -0.25) is 0 Å². The minimum atomic E-state index is -2.66. The molecular formula is C8H4Br2F2N2. The van der Waals surface area contributed by atoms with Crippen LogP contribution in [0.15, 0.2) is 10.5 Å². The van der Waals surface area contributed by atoms with Crippen molar-refractivity contribution in [3.63, 3.8) is 0 Å². The van der Waals surface area contributed by atoms with Crippen molar-refractivity contribution in [2.75, 3.05) is 0 Å². The summed E-state index contributed by atoms with van der Waals surface area (Å²) >= 11 is 6.27. The molecule has 2 nitrogen and oxygen atoms in total. The molecule has 74 valence electrons. The van der Waals surface area contributed by atoms with E-state index in [9.17, 15) is 8.78 Å². The average molecular weight is 326 g/mol. The predicted octanol–water partition coefficient (Wildman–Crippen LogP) is 3.55. The lowest BCUT2D eigenvalue weighted by Gasteiger charge is -2.05. The van der Waals surface area contributed by atoms with Gasteiger partial charge in [0.25, 0.3) is 6.43 Å². The van der Waals surface area contributed by atoms with E-state index < -0.39 is 12.1 Å². The highest BCUT2D eigenvalue weighted by atomic mass is 79.9. The van der Waals surface area contributed by atoms with Gasteiger partial charge < -0.3 is 0 Å². The topological polar surface area (TPSA) is 36.7 Å². The first kappa shape index (κ1) is 11.5. The molecule has 0 atom stereocenters. The van der Waals surface area contributed by atoms with Gasteiger partial charge >= 0.3 is 0 Å². The standard InChI is InChI=1S/C8H4Br2F2N2/c9-2-4-5(10)1-6(8(11)12)14-7(4)3-13/h1,8H,2H2. The summed E-state index contributed by atoms with van der Waals surface area (Å²) in [5, 5.41) is 9.08. The smallest absolute Gasteiger partial charge is 0.236 e. The molecule has 1 aromatic rings. The summed E-state index contributed by atoms with van der Waals surface area (Å²) in [5.74, 6) is 0. The Morgan fingerprint density at radius 2 is 2.21 bits per heavy atom. The Kier molecular flexibility index (Phi) is 3.96. The van der Waals surface area contributed by atoms with Crippen molar-refractivity contribution in [2.45, 2.75) is 11.8 Å². The summed E-state index contributed by atoms with van der Waals surface area (Å²) in [6.45, 7) is 0. The Morgan fingerprint density at radius 3 is 2.64 bits per heavy atom. The van der Waals surface area contributed by atoms with Crippen LogP contribution >= 0.6 is 31.9 Å². The van der Waals surface area contributed by atoms with E-state index in [0.29, 0.717) is 15.4 Å². The van der Waals surface area contributed by atoms with Crippen LogP contribution < -0.4 is 0 Å². The van der Waals surface area contributed by atoms with E-state index in [1.165, 1.54) is 6.07 Å². The van der Waals surface area contributed by atoms with E-state index in [0.717, 1.165) is 0 Å². The minimum absolute atomic E-state index is 0.0200. The lowest BCUT2D eigenvalue weighted by atomic mass is 10.2. The molecule has 0 unspecified atom stereocenters. The maximum atomic E-state index is 12.3. The van der Waals surface area contributed by atoms with E-state index in [-0.39, 0.29) is 5.69 Å². The summed E-state index contributed by atoms with van der Waals surface area (Å²) < 4.78 is 25.1. The number of pyridine rings is 1. The van der Waals surface area contributed by atoms with Crippen LogP contribution in [0.4, 0.5) is 8.78 Å². The molecule has 0 radical (unpaired) electrons. The van der Waals surface area contributed by atoms with Gasteiger partial charge in [0, 0.05) is 15.4 Å². The second-order valence-corrected chi connectivity index (χ2v) is 3.82. The molecule has 0 spiro atoms. The monoisotopic (exact) mass is 324 g/mol. The zero-order valence-corrected chi connectivity index (χ0v) is 9.94. The lowest BCUT2D eigenvalue weighted by Crippen LogP contribution is -1.98. The van der Waals surface area contributed by atoms with Gasteiger partial charge in [0.05, 0.1) is 0 Å². The molecule has 0 amide bonds. The van der Waals surface area contributed by atoms with Crippen molar-refractivity contribution in [3.8, 4) is 6.07 Å². The molecule has 14 heavy (non-hydrogen) atoms. The number of nitriles is 1. The molecule has 1 rings (SSSR count). The van der Waals surface area contributed by atoms with Crippen LogP contribution in [-0.2, 0) is 5.33 Å². The van der Waals surface area contributed by atoms with Crippen molar-refractivity contribution in [1.29, 1.82) is 5.26 Å². The highest BCUT2D eigenvalue weighted by molar-refractivity contribution is 9.10. The maximum absolute atomic E-state index is 12.3. The highest BCUT2D eigenvalue weighted by Crippen LogP contribution is 2.26. The van der Waals surface area contributed by atoms with Crippen LogP contribution in [0.3, 0.4) is 0 Å². The van der Waals surface area contributed by atoms with Gasteiger partial charge in [-0.05, 0) is 6.07 Å². The number of aromatic nitrogens is 1. The van der Waals surface area contributed by atoms with E-state index >= 15 is 0 Å². The summed E-state index contributed by atoms with van der Waals surface area (Å²) in [5.41, 5.74) is 0.210. The Hall–Kier alpha value is -0.540. The number of hydrogen-bond donors (Lipinski definition) is 0.